The van der Waals surface area contributed by atoms with Crippen molar-refractivity contribution in [1.82, 2.24) is 24.3 Å². The first-order chi connectivity index (χ1) is 15.8. The second-order valence-corrected chi connectivity index (χ2v) is 7.98. The summed E-state index contributed by atoms with van der Waals surface area (Å²) in [4.78, 5) is 27.5. The van der Waals surface area contributed by atoms with Crippen LogP contribution < -0.4 is 5.32 Å². The summed E-state index contributed by atoms with van der Waals surface area (Å²) in [5.74, 6) is -1.03. The van der Waals surface area contributed by atoms with Gasteiger partial charge < -0.3 is 15.6 Å². The number of pyridine rings is 1. The van der Waals surface area contributed by atoms with Crippen molar-refractivity contribution in [3.05, 3.63) is 72.4 Å². The van der Waals surface area contributed by atoms with Gasteiger partial charge in [0.2, 0.25) is 11.7 Å². The van der Waals surface area contributed by atoms with Crippen LogP contribution >= 0.6 is 0 Å². The molecule has 1 aromatic carbocycles. The molecule has 0 aliphatic rings. The van der Waals surface area contributed by atoms with Gasteiger partial charge >= 0.3 is 0 Å². The van der Waals surface area contributed by atoms with Crippen molar-refractivity contribution >= 4 is 28.8 Å². The Labute approximate surface area is 190 Å². The highest BCUT2D eigenvalue weighted by molar-refractivity contribution is 6.45. The fraction of sp³-hybridized carbons (Fsp3) is 0.208. The molecule has 4 rings (SSSR count). The first-order valence-electron chi connectivity index (χ1n) is 10.4. The quantitative estimate of drug-likeness (QED) is 0.311. The van der Waals surface area contributed by atoms with Gasteiger partial charge in [-0.15, -0.1) is 0 Å². The molecule has 0 aliphatic carbocycles. The van der Waals surface area contributed by atoms with Gasteiger partial charge in [-0.2, -0.15) is 0 Å². The number of ketones is 1. The number of nitrogens with zero attached hydrogens (tertiary/aromatic N) is 5. The number of carbonyl (C=O) groups excluding carboxylic acids is 1. The fourth-order valence-electron chi connectivity index (χ4n) is 3.32. The molecule has 0 saturated carbocycles. The van der Waals surface area contributed by atoms with Crippen molar-refractivity contribution in [2.24, 2.45) is 0 Å². The number of hydrogen-bond acceptors (Lipinski definition) is 7. The van der Waals surface area contributed by atoms with Crippen LogP contribution in [0.5, 0.6) is 0 Å². The van der Waals surface area contributed by atoms with Gasteiger partial charge in [-0.3, -0.25) is 9.20 Å². The SMILES string of the molecule is C[C@@H](CC(=N)C(=O)c1ccc(Nc2nccc(-c3cnc4ccccn34)n2)cc1F)N(C)C. The van der Waals surface area contributed by atoms with E-state index in [1.165, 1.54) is 12.1 Å². The maximum atomic E-state index is 14.7. The molecule has 4 aromatic rings. The van der Waals surface area contributed by atoms with Crippen LogP contribution in [0.3, 0.4) is 0 Å². The van der Waals surface area contributed by atoms with Crippen molar-refractivity contribution in [3.8, 4) is 11.4 Å². The first-order valence-corrected chi connectivity index (χ1v) is 10.4. The number of carbonyl (C=O) groups is 1. The maximum Gasteiger partial charge on any atom is 0.227 e. The van der Waals surface area contributed by atoms with E-state index in [9.17, 15) is 9.18 Å². The van der Waals surface area contributed by atoms with Gasteiger partial charge in [0.25, 0.3) is 0 Å². The Kier molecular flexibility index (Phi) is 6.23. The van der Waals surface area contributed by atoms with Gasteiger partial charge in [0.1, 0.15) is 11.5 Å². The smallest absolute Gasteiger partial charge is 0.227 e. The van der Waals surface area contributed by atoms with Crippen molar-refractivity contribution in [3.63, 3.8) is 0 Å². The molecule has 0 spiro atoms. The number of hydrogen-bond donors (Lipinski definition) is 2. The summed E-state index contributed by atoms with van der Waals surface area (Å²) in [5.41, 5.74) is 2.40. The highest BCUT2D eigenvalue weighted by atomic mass is 19.1. The minimum Gasteiger partial charge on any atom is -0.324 e. The predicted molar refractivity (Wildman–Crippen MR) is 126 cm³/mol. The lowest BCUT2D eigenvalue weighted by atomic mass is 10.0. The Morgan fingerprint density at radius 2 is 2.03 bits per heavy atom. The third kappa shape index (κ3) is 4.78. The van der Waals surface area contributed by atoms with Crippen LogP contribution in [0.2, 0.25) is 0 Å². The Hall–Kier alpha value is -3.98. The average molecular weight is 446 g/mol. The molecule has 0 aliphatic heterocycles. The van der Waals surface area contributed by atoms with Crippen molar-refractivity contribution in [2.75, 3.05) is 19.4 Å². The van der Waals surface area contributed by atoms with Gasteiger partial charge in [-0.1, -0.05) is 6.07 Å². The molecule has 3 heterocycles. The fourth-order valence-corrected chi connectivity index (χ4v) is 3.32. The second kappa shape index (κ2) is 9.25. The molecule has 33 heavy (non-hydrogen) atoms. The van der Waals surface area contributed by atoms with E-state index in [1.54, 1.807) is 24.5 Å². The molecule has 0 amide bonds. The zero-order valence-electron chi connectivity index (χ0n) is 18.6. The summed E-state index contributed by atoms with van der Waals surface area (Å²) < 4.78 is 16.6. The van der Waals surface area contributed by atoms with Gasteiger partial charge in [0, 0.05) is 30.5 Å². The largest absolute Gasteiger partial charge is 0.324 e. The molecule has 0 radical (unpaired) electrons. The topological polar surface area (TPSA) is 99.3 Å². The van der Waals surface area contributed by atoms with Gasteiger partial charge in [-0.25, -0.2) is 19.3 Å². The highest BCUT2D eigenvalue weighted by Crippen LogP contribution is 2.22. The number of rotatable bonds is 8. The number of benzene rings is 1. The lowest BCUT2D eigenvalue weighted by Crippen LogP contribution is -2.29. The Bertz CT molecular complexity index is 1330. The van der Waals surface area contributed by atoms with Gasteiger partial charge in [0.15, 0.2) is 0 Å². The number of imidazole rings is 1. The summed E-state index contributed by atoms with van der Waals surface area (Å²) >= 11 is 0. The molecular weight excluding hydrogens is 421 g/mol. The lowest BCUT2D eigenvalue weighted by Gasteiger charge is -2.19. The van der Waals surface area contributed by atoms with Gasteiger partial charge in [-0.05, 0) is 57.4 Å². The van der Waals surface area contributed by atoms with Crippen molar-refractivity contribution in [1.29, 1.82) is 5.41 Å². The summed E-state index contributed by atoms with van der Waals surface area (Å²) in [6.45, 7) is 1.91. The van der Waals surface area contributed by atoms with Crippen molar-refractivity contribution < 1.29 is 9.18 Å². The van der Waals surface area contributed by atoms with E-state index >= 15 is 0 Å². The lowest BCUT2D eigenvalue weighted by molar-refractivity contribution is 0.105. The third-order valence-corrected chi connectivity index (χ3v) is 5.46. The van der Waals surface area contributed by atoms with Crippen LogP contribution in [0.25, 0.3) is 17.0 Å². The molecule has 0 bridgehead atoms. The molecule has 168 valence electrons. The Morgan fingerprint density at radius 3 is 2.79 bits per heavy atom. The number of fused-ring (bicyclic) bond motifs is 1. The molecule has 0 fully saturated rings. The van der Waals surface area contributed by atoms with E-state index in [0.717, 1.165) is 11.3 Å². The van der Waals surface area contributed by atoms with Crippen LogP contribution in [0.15, 0.2) is 61.1 Å². The molecular formula is C24H24FN7O. The standard InChI is InChI=1S/C24H24FN7O/c1-15(31(2)3)12-19(26)23(33)17-8-7-16(13-18(17)25)29-24-27-10-9-20(30-24)21-14-28-22-6-4-5-11-32(21)22/h4-11,13-15,26H,12H2,1-3H3,(H,27,29,30)/t15-/m0/s1. The predicted octanol–water partition coefficient (Wildman–Crippen LogP) is 4.22. The zero-order valence-corrected chi connectivity index (χ0v) is 18.6. The summed E-state index contributed by atoms with van der Waals surface area (Å²) in [5, 5.41) is 11.0. The van der Waals surface area contributed by atoms with Crippen LogP contribution in [0, 0.1) is 11.2 Å². The van der Waals surface area contributed by atoms with Crippen LogP contribution in [0.1, 0.15) is 23.7 Å². The molecule has 0 unspecified atom stereocenters. The molecule has 3 aromatic heterocycles. The minimum absolute atomic E-state index is 0.00258. The van der Waals surface area contributed by atoms with E-state index in [-0.39, 0.29) is 29.7 Å². The Balaban J connectivity index is 1.52. The molecule has 8 nitrogen and oxygen atoms in total. The normalized spacial score (nSPS) is 12.2. The number of anilines is 2. The second-order valence-electron chi connectivity index (χ2n) is 7.98. The number of nitrogens with one attached hydrogen (secondary N) is 2. The molecule has 2 N–H and O–H groups in total. The number of Topliss-reactive ketones (excluding diaryl/α,β-unsaturated/α-hetero) is 1. The van der Waals surface area contributed by atoms with E-state index in [4.69, 9.17) is 5.41 Å². The molecule has 9 heteroatoms. The van der Waals surface area contributed by atoms with Crippen molar-refractivity contribution in [2.45, 2.75) is 19.4 Å². The van der Waals surface area contributed by atoms with E-state index in [2.05, 4.69) is 20.3 Å². The van der Waals surface area contributed by atoms with Crippen LogP contribution in [-0.2, 0) is 0 Å². The number of aromatic nitrogens is 4. The molecule has 0 saturated heterocycles. The summed E-state index contributed by atoms with van der Waals surface area (Å²) in [7, 11) is 3.74. The van der Waals surface area contributed by atoms with E-state index in [0.29, 0.717) is 11.4 Å². The minimum atomic E-state index is -0.704. The third-order valence-electron chi connectivity index (χ3n) is 5.46. The molecule has 1 atom stereocenters. The maximum absolute atomic E-state index is 14.7. The van der Waals surface area contributed by atoms with Crippen LogP contribution in [-0.4, -0.2) is 55.9 Å². The monoisotopic (exact) mass is 445 g/mol. The Morgan fingerprint density at radius 1 is 1.21 bits per heavy atom. The zero-order chi connectivity index (χ0) is 23.5. The highest BCUT2D eigenvalue weighted by Gasteiger charge is 2.20. The van der Waals surface area contributed by atoms with Gasteiger partial charge in [0.05, 0.1) is 28.9 Å². The van der Waals surface area contributed by atoms with E-state index in [1.807, 2.05) is 54.7 Å². The first kappa shape index (κ1) is 22.2. The average Bonchev–Trinajstić information content (AvgIpc) is 3.23. The number of halogens is 1. The van der Waals surface area contributed by atoms with E-state index < -0.39 is 11.6 Å². The summed E-state index contributed by atoms with van der Waals surface area (Å²) in [6.07, 6.45) is 5.48. The summed E-state index contributed by atoms with van der Waals surface area (Å²) in [6, 6.07) is 11.6. The van der Waals surface area contributed by atoms with Crippen LogP contribution in [0.4, 0.5) is 16.0 Å².